The molecule has 2 aromatic carbocycles. The van der Waals surface area contributed by atoms with Crippen LogP contribution in [0.1, 0.15) is 50.8 Å². The maximum Gasteiger partial charge on any atom is 1.00 e. The minimum atomic E-state index is -2.09. The van der Waals surface area contributed by atoms with Crippen molar-refractivity contribution in [1.82, 2.24) is 0 Å². The van der Waals surface area contributed by atoms with Gasteiger partial charge in [0.15, 0.2) is 0 Å². The smallest absolute Gasteiger partial charge is 0.768 e. The van der Waals surface area contributed by atoms with E-state index in [1.807, 2.05) is 27.0 Å². The van der Waals surface area contributed by atoms with E-state index in [2.05, 4.69) is 38.1 Å². The molecule has 0 amide bonds. The zero-order valence-electron chi connectivity index (χ0n) is 21.4. The maximum absolute atomic E-state index is 10.5. The molecule has 182 valence electrons. The second-order valence-corrected chi connectivity index (χ2v) is 10.0. The Morgan fingerprint density at radius 3 is 1.52 bits per heavy atom. The van der Waals surface area contributed by atoms with Crippen molar-refractivity contribution in [2.45, 2.75) is 59.8 Å². The van der Waals surface area contributed by atoms with Gasteiger partial charge in [-0.15, -0.1) is 0 Å². The fraction of sp³-hybridized carbons (Fsp3) is 0.417. The molecule has 2 atom stereocenters. The molecule has 33 heavy (non-hydrogen) atoms. The molecule has 0 bridgehead atoms. The molecule has 0 aliphatic carbocycles. The first-order chi connectivity index (χ1) is 15.1. The normalized spacial score (nSPS) is 10.2. The number of esters is 1. The molecular weight excluding hydrogens is 487 g/mol. The molecule has 0 spiro atoms. The summed E-state index contributed by atoms with van der Waals surface area (Å²) in [6, 6.07) is 15.2. The predicted octanol–water partition coefficient (Wildman–Crippen LogP) is 2.38. The van der Waals surface area contributed by atoms with Crippen molar-refractivity contribution in [1.29, 1.82) is 0 Å². The zero-order chi connectivity index (χ0) is 25.5. The quantitative estimate of drug-likeness (QED) is 0.264. The van der Waals surface area contributed by atoms with Gasteiger partial charge in [0.1, 0.15) is 12.2 Å². The Hall–Kier alpha value is -0.740. The van der Waals surface area contributed by atoms with E-state index in [0.29, 0.717) is 17.3 Å². The van der Waals surface area contributed by atoms with Gasteiger partial charge in [0.25, 0.3) is 0 Å². The van der Waals surface area contributed by atoms with E-state index >= 15 is 0 Å². The number of ether oxygens (including phenoxy) is 1. The third-order valence-corrected chi connectivity index (χ3v) is 4.50. The molecule has 0 radical (unpaired) electrons. The fourth-order valence-electron chi connectivity index (χ4n) is 1.54. The van der Waals surface area contributed by atoms with Gasteiger partial charge in [0, 0.05) is 11.3 Å². The number of hydrogen-bond acceptors (Lipinski definition) is 6. The Bertz CT molecular complexity index is 759. The summed E-state index contributed by atoms with van der Waals surface area (Å²) < 4.78 is 25.3. The van der Waals surface area contributed by atoms with Gasteiger partial charge in [-0.1, -0.05) is 83.3 Å². The fourth-order valence-corrected chi connectivity index (χ4v) is 2.34. The van der Waals surface area contributed by atoms with E-state index in [9.17, 15) is 13.6 Å². The van der Waals surface area contributed by atoms with Crippen molar-refractivity contribution < 1.29 is 52.6 Å². The van der Waals surface area contributed by atoms with Crippen molar-refractivity contribution in [2.75, 3.05) is 12.2 Å². The second-order valence-electron chi connectivity index (χ2n) is 6.00. The Morgan fingerprint density at radius 2 is 1.27 bits per heavy atom. The molecule has 2 rings (SSSR count). The number of hydrogen-bond donors (Lipinski definition) is 0. The Kier molecular flexibility index (Phi) is 32.9. The van der Waals surface area contributed by atoms with Crippen LogP contribution in [0.25, 0.3) is 0 Å². The van der Waals surface area contributed by atoms with Crippen LogP contribution in [-0.2, 0) is 46.0 Å². The second kappa shape index (κ2) is 27.5. The summed E-state index contributed by atoms with van der Waals surface area (Å²) in [5.41, 5.74) is 3.72. The number of rotatable bonds is 4. The molecule has 0 aliphatic heterocycles. The standard InChI is InChI=1S/C8H10.C7H8O2S.C5H10O2S2.C2H4O.C2H6.Na/c1-7-3-5-8(2)6-4-7;1-6-2-4-7(5-3-6)10(8)9;1-3-5(6)7-4-9(2)8;1-2-3;1-2;/h3-6H,1-2H3;2-5H,1H3,(H,8,9);3-4H2,1-2H3;2H,1H3;1-2H3;/q;;;;;+1/p-1. The molecule has 0 heterocycles. The van der Waals surface area contributed by atoms with E-state index in [4.69, 9.17) is 20.7 Å². The zero-order valence-corrected chi connectivity index (χ0v) is 25.8. The van der Waals surface area contributed by atoms with Gasteiger partial charge in [0.05, 0.1) is 0 Å². The average Bonchev–Trinajstić information content (AvgIpc) is 2.77. The van der Waals surface area contributed by atoms with Crippen molar-refractivity contribution in [3.63, 3.8) is 0 Å². The Labute approximate surface area is 232 Å². The SMILES string of the molecule is CC.CC=O.CCC(=O)OCS(C)=S.Cc1ccc(C)cc1.Cc1ccc(S(=O)[O-])cc1.[Na+]. The van der Waals surface area contributed by atoms with Crippen LogP contribution < -0.4 is 29.6 Å². The van der Waals surface area contributed by atoms with Crippen LogP contribution in [0.2, 0.25) is 0 Å². The number of carbonyl (C=O) groups is 2. The van der Waals surface area contributed by atoms with Crippen molar-refractivity contribution in [3.8, 4) is 0 Å². The number of carbonyl (C=O) groups excluding carboxylic acids is 2. The van der Waals surface area contributed by atoms with Gasteiger partial charge in [-0.2, -0.15) is 0 Å². The topological polar surface area (TPSA) is 83.5 Å². The molecule has 0 N–H and O–H groups in total. The first-order valence-electron chi connectivity index (χ1n) is 10.1. The van der Waals surface area contributed by atoms with Crippen LogP contribution in [-0.4, -0.2) is 33.2 Å². The summed E-state index contributed by atoms with van der Waals surface area (Å²) >= 11 is 2.71. The van der Waals surface area contributed by atoms with Crippen LogP contribution >= 0.6 is 0 Å². The van der Waals surface area contributed by atoms with Gasteiger partial charge >= 0.3 is 35.5 Å². The van der Waals surface area contributed by atoms with Gasteiger partial charge in [-0.05, 0) is 68.4 Å². The monoisotopic (exact) mass is 524 g/mol. The van der Waals surface area contributed by atoms with Crippen LogP contribution in [0.4, 0.5) is 0 Å². The van der Waals surface area contributed by atoms with Gasteiger partial charge in [0.2, 0.25) is 0 Å². The van der Waals surface area contributed by atoms with E-state index in [-0.39, 0.29) is 45.0 Å². The van der Waals surface area contributed by atoms with E-state index in [1.54, 1.807) is 31.2 Å². The van der Waals surface area contributed by atoms with Gasteiger partial charge < -0.3 is 14.1 Å². The van der Waals surface area contributed by atoms with Crippen LogP contribution in [0.3, 0.4) is 0 Å². The minimum absolute atomic E-state index is 0. The van der Waals surface area contributed by atoms with Crippen LogP contribution in [0.15, 0.2) is 53.4 Å². The van der Waals surface area contributed by atoms with Gasteiger partial charge in [-0.3, -0.25) is 9.00 Å². The molecule has 0 aliphatic rings. The van der Waals surface area contributed by atoms with E-state index < -0.39 is 11.1 Å². The molecule has 0 fully saturated rings. The molecule has 9 heteroatoms. The number of aryl methyl sites for hydroxylation is 3. The largest absolute Gasteiger partial charge is 1.00 e. The molecular formula is C24H37NaO5S3. The molecule has 0 saturated heterocycles. The Balaban J connectivity index is -0.000000172. The molecule has 0 aromatic heterocycles. The first kappa shape index (κ1) is 39.5. The third-order valence-electron chi connectivity index (χ3n) is 3.11. The molecule has 5 nitrogen and oxygen atoms in total. The average molecular weight is 525 g/mol. The van der Waals surface area contributed by atoms with Crippen LogP contribution in [0.5, 0.6) is 0 Å². The molecule has 0 saturated carbocycles. The Morgan fingerprint density at radius 1 is 0.970 bits per heavy atom. The predicted molar refractivity (Wildman–Crippen MR) is 139 cm³/mol. The number of benzene rings is 2. The summed E-state index contributed by atoms with van der Waals surface area (Å²) in [4.78, 5) is 19.6. The first-order valence-corrected chi connectivity index (χ1v) is 13.9. The maximum atomic E-state index is 10.5. The summed E-state index contributed by atoms with van der Waals surface area (Å²) in [6.07, 6.45) is 3.05. The van der Waals surface area contributed by atoms with E-state index in [0.717, 1.165) is 11.8 Å². The van der Waals surface area contributed by atoms with Gasteiger partial charge in [-0.25, -0.2) is 0 Å². The molecule has 2 aromatic rings. The van der Waals surface area contributed by atoms with Crippen molar-refractivity contribution >= 4 is 44.0 Å². The third kappa shape index (κ3) is 29.2. The van der Waals surface area contributed by atoms with Crippen LogP contribution in [0, 0.1) is 20.8 Å². The van der Waals surface area contributed by atoms with Crippen molar-refractivity contribution in [3.05, 3.63) is 65.2 Å². The summed E-state index contributed by atoms with van der Waals surface area (Å²) in [6.45, 7) is 13.3. The number of aldehydes is 1. The van der Waals surface area contributed by atoms with Crippen molar-refractivity contribution in [2.24, 2.45) is 0 Å². The molecule has 2 unspecified atom stereocenters. The van der Waals surface area contributed by atoms with E-state index in [1.165, 1.54) is 18.1 Å². The summed E-state index contributed by atoms with van der Waals surface area (Å²) in [5.74, 6) is 0.223. The summed E-state index contributed by atoms with van der Waals surface area (Å²) in [5, 5.41) is 0. The minimum Gasteiger partial charge on any atom is -0.768 e. The summed E-state index contributed by atoms with van der Waals surface area (Å²) in [7, 11) is -0.197.